The van der Waals surface area contributed by atoms with E-state index in [0.29, 0.717) is 28.8 Å². The Hall–Kier alpha value is -2.62. The highest BCUT2D eigenvalue weighted by atomic mass is 32.2. The van der Waals surface area contributed by atoms with Gasteiger partial charge >= 0.3 is 6.18 Å². The first-order chi connectivity index (χ1) is 16.3. The van der Waals surface area contributed by atoms with Crippen LogP contribution in [0.3, 0.4) is 0 Å². The van der Waals surface area contributed by atoms with Gasteiger partial charge in [-0.3, -0.25) is 0 Å². The van der Waals surface area contributed by atoms with E-state index in [1.807, 2.05) is 13.0 Å². The van der Waals surface area contributed by atoms with Crippen LogP contribution in [0, 0.1) is 5.82 Å². The van der Waals surface area contributed by atoms with Crippen LogP contribution >= 0.6 is 11.9 Å². The molecule has 1 saturated carbocycles. The van der Waals surface area contributed by atoms with Gasteiger partial charge in [0.2, 0.25) is 5.95 Å². The summed E-state index contributed by atoms with van der Waals surface area (Å²) in [5.41, 5.74) is 3.70. The van der Waals surface area contributed by atoms with Gasteiger partial charge in [-0.05, 0) is 43.0 Å². The molecule has 1 fully saturated rings. The zero-order valence-corrected chi connectivity index (χ0v) is 19.7. The van der Waals surface area contributed by atoms with Crippen molar-refractivity contribution in [2.24, 2.45) is 0 Å². The van der Waals surface area contributed by atoms with Crippen LogP contribution in [-0.2, 0) is 6.42 Å². The lowest BCUT2D eigenvalue weighted by Gasteiger charge is -2.22. The van der Waals surface area contributed by atoms with Crippen molar-refractivity contribution in [1.29, 1.82) is 0 Å². The van der Waals surface area contributed by atoms with Crippen molar-refractivity contribution in [3.05, 3.63) is 41.8 Å². The number of pyridine rings is 1. The Morgan fingerprint density at radius 3 is 2.59 bits per heavy atom. The molecule has 0 saturated heterocycles. The van der Waals surface area contributed by atoms with E-state index in [1.165, 1.54) is 31.4 Å². The average molecular weight is 494 g/mol. The van der Waals surface area contributed by atoms with Gasteiger partial charge in [0.15, 0.2) is 0 Å². The second-order valence-electron chi connectivity index (χ2n) is 8.44. The molecule has 0 aliphatic heterocycles. The van der Waals surface area contributed by atoms with E-state index in [1.54, 1.807) is 12.3 Å². The van der Waals surface area contributed by atoms with Crippen LogP contribution in [0.4, 0.5) is 29.2 Å². The van der Waals surface area contributed by atoms with Crippen molar-refractivity contribution in [2.75, 3.05) is 15.8 Å². The topological polar surface area (TPSA) is 62.7 Å². The maximum Gasteiger partial charge on any atom is 0.389 e. The molecule has 0 atom stereocenters. The number of benzene rings is 1. The van der Waals surface area contributed by atoms with E-state index >= 15 is 0 Å². The van der Waals surface area contributed by atoms with Crippen LogP contribution in [0.2, 0.25) is 0 Å². The highest BCUT2D eigenvalue weighted by molar-refractivity contribution is 8.00. The molecule has 0 amide bonds. The number of rotatable bonds is 8. The number of fused-ring (bicyclic) bond motifs is 1. The molecular weight excluding hydrogens is 466 g/mol. The third kappa shape index (κ3) is 6.28. The summed E-state index contributed by atoms with van der Waals surface area (Å²) in [6, 6.07) is 6.84. The summed E-state index contributed by atoms with van der Waals surface area (Å²) < 4.78 is 54.1. The van der Waals surface area contributed by atoms with Crippen molar-refractivity contribution >= 4 is 34.6 Å². The molecule has 0 radical (unpaired) electrons. The largest absolute Gasteiger partial charge is 0.389 e. The fourth-order valence-corrected chi connectivity index (χ4v) is 4.81. The summed E-state index contributed by atoms with van der Waals surface area (Å²) in [5.74, 6) is -0.151. The predicted molar refractivity (Wildman–Crippen MR) is 129 cm³/mol. The first-order valence-corrected chi connectivity index (χ1v) is 12.5. The molecule has 0 spiro atoms. The molecule has 10 heteroatoms. The zero-order valence-electron chi connectivity index (χ0n) is 18.9. The first-order valence-electron chi connectivity index (χ1n) is 11.5. The van der Waals surface area contributed by atoms with E-state index in [9.17, 15) is 17.6 Å². The predicted octanol–water partition coefficient (Wildman–Crippen LogP) is 7.15. The molecular formula is C24H27F4N5S. The molecule has 5 nitrogen and oxygen atoms in total. The van der Waals surface area contributed by atoms with Crippen molar-refractivity contribution in [3.63, 3.8) is 0 Å². The summed E-state index contributed by atoms with van der Waals surface area (Å²) in [7, 11) is 0. The van der Waals surface area contributed by atoms with Gasteiger partial charge in [0.1, 0.15) is 11.3 Å². The summed E-state index contributed by atoms with van der Waals surface area (Å²) >= 11 is 0.822. The average Bonchev–Trinajstić information content (AvgIpc) is 2.82. The summed E-state index contributed by atoms with van der Waals surface area (Å²) in [5, 5.41) is 3.44. The molecule has 182 valence electrons. The van der Waals surface area contributed by atoms with E-state index < -0.39 is 18.4 Å². The Morgan fingerprint density at radius 2 is 1.88 bits per heavy atom. The molecule has 2 N–H and O–H groups in total. The highest BCUT2D eigenvalue weighted by Gasteiger charge is 2.26. The minimum Gasteiger partial charge on any atom is -0.351 e. The molecule has 2 heterocycles. The highest BCUT2D eigenvalue weighted by Crippen LogP contribution is 2.29. The van der Waals surface area contributed by atoms with Crippen LogP contribution in [0.25, 0.3) is 22.3 Å². The number of nitrogens with one attached hydrogen (secondary N) is 2. The van der Waals surface area contributed by atoms with Crippen molar-refractivity contribution in [1.82, 2.24) is 15.0 Å². The Labute approximate surface area is 200 Å². The number of alkyl halides is 3. The van der Waals surface area contributed by atoms with Crippen LogP contribution in [0.5, 0.6) is 0 Å². The van der Waals surface area contributed by atoms with Crippen molar-refractivity contribution < 1.29 is 17.6 Å². The molecule has 1 aromatic carbocycles. The number of aromatic nitrogens is 3. The number of aryl methyl sites for hydroxylation is 1. The van der Waals surface area contributed by atoms with Crippen LogP contribution in [0.1, 0.15) is 51.0 Å². The van der Waals surface area contributed by atoms with E-state index in [-0.39, 0.29) is 11.4 Å². The summed E-state index contributed by atoms with van der Waals surface area (Å²) in [6.07, 6.45) is 3.20. The number of hydrogen-bond donors (Lipinski definition) is 2. The van der Waals surface area contributed by atoms with Crippen molar-refractivity contribution in [2.45, 2.75) is 64.1 Å². The quantitative estimate of drug-likeness (QED) is 0.197. The molecule has 2 aromatic heterocycles. The molecule has 0 bridgehead atoms. The second kappa shape index (κ2) is 10.8. The molecule has 0 unspecified atom stereocenters. The Morgan fingerprint density at radius 1 is 1.09 bits per heavy atom. The van der Waals surface area contributed by atoms with Crippen molar-refractivity contribution in [3.8, 4) is 11.3 Å². The molecule has 1 aliphatic rings. The van der Waals surface area contributed by atoms with Crippen LogP contribution in [0.15, 0.2) is 30.5 Å². The third-order valence-corrected chi connectivity index (χ3v) is 6.65. The molecule has 3 aromatic rings. The van der Waals surface area contributed by atoms with Gasteiger partial charge < -0.3 is 10.0 Å². The minimum atomic E-state index is -4.23. The third-order valence-electron chi connectivity index (χ3n) is 5.88. The molecule has 34 heavy (non-hydrogen) atoms. The van der Waals surface area contributed by atoms with Gasteiger partial charge in [-0.1, -0.05) is 44.2 Å². The maximum atomic E-state index is 14.6. The van der Waals surface area contributed by atoms with Gasteiger partial charge in [-0.15, -0.1) is 0 Å². The fraction of sp³-hybridized carbons (Fsp3) is 0.458. The maximum absolute atomic E-state index is 14.6. The Balaban J connectivity index is 1.52. The number of halogens is 4. The van der Waals surface area contributed by atoms with E-state index in [2.05, 4.69) is 20.0 Å². The normalized spacial score (nSPS) is 15.0. The Bertz CT molecular complexity index is 1130. The summed E-state index contributed by atoms with van der Waals surface area (Å²) in [4.78, 5) is 13.8. The minimum absolute atomic E-state index is 0.134. The van der Waals surface area contributed by atoms with E-state index in [4.69, 9.17) is 4.98 Å². The second-order valence-corrected chi connectivity index (χ2v) is 9.34. The first kappa shape index (κ1) is 24.5. The van der Waals surface area contributed by atoms with Gasteiger partial charge in [0.25, 0.3) is 0 Å². The fourth-order valence-electron chi connectivity index (χ4n) is 4.06. The molecule has 1 aliphatic carbocycles. The standard InChI is InChI=1S/C24H27F4N5S/c1-2-15-13-20(16-8-9-19(18(25)12-16)33-34-11-10-24(26,27)28)31-21-14-29-23(32-22(15)21)30-17-6-4-3-5-7-17/h8-9,12-14,17,33H,2-7,10-11H2,1H3,(H,29,30,32). The monoisotopic (exact) mass is 493 g/mol. The number of hydrogen-bond acceptors (Lipinski definition) is 6. The lowest BCUT2D eigenvalue weighted by molar-refractivity contribution is -0.129. The van der Waals surface area contributed by atoms with Crippen LogP contribution in [-0.4, -0.2) is 32.9 Å². The summed E-state index contributed by atoms with van der Waals surface area (Å²) in [6.45, 7) is 2.03. The molecule has 4 rings (SSSR count). The number of anilines is 2. The Kier molecular flexibility index (Phi) is 7.75. The lowest BCUT2D eigenvalue weighted by Crippen LogP contribution is -2.23. The number of nitrogens with zero attached hydrogens (tertiary/aromatic N) is 3. The van der Waals surface area contributed by atoms with E-state index in [0.717, 1.165) is 42.3 Å². The van der Waals surface area contributed by atoms with Gasteiger partial charge in [0, 0.05) is 17.4 Å². The van der Waals surface area contributed by atoms with Gasteiger partial charge in [-0.2, -0.15) is 13.2 Å². The smallest absolute Gasteiger partial charge is 0.351 e. The zero-order chi connectivity index (χ0) is 24.1. The lowest BCUT2D eigenvalue weighted by atomic mass is 9.96. The van der Waals surface area contributed by atoms with Gasteiger partial charge in [0.05, 0.1) is 29.5 Å². The van der Waals surface area contributed by atoms with Gasteiger partial charge in [-0.25, -0.2) is 19.3 Å². The SMILES string of the molecule is CCc1cc(-c2ccc(NSCCC(F)(F)F)c(F)c2)nc2cnc(NC3CCCCC3)nc12. The van der Waals surface area contributed by atoms with Crippen LogP contribution < -0.4 is 10.0 Å².